The van der Waals surface area contributed by atoms with Crippen LogP contribution in [-0.4, -0.2) is 30.5 Å². The number of nitrogens with one attached hydrogen (secondary N) is 2. The number of rotatable bonds is 2. The number of H-pyrrole nitrogens is 1. The largest absolute Gasteiger partial charge is 0.304 e. The van der Waals surface area contributed by atoms with Crippen LogP contribution in [0.1, 0.15) is 16.2 Å². The van der Waals surface area contributed by atoms with Crippen LogP contribution in [0.25, 0.3) is 5.65 Å². The van der Waals surface area contributed by atoms with Crippen molar-refractivity contribution in [2.75, 3.05) is 5.32 Å². The number of aromatic nitrogens is 5. The van der Waals surface area contributed by atoms with Gasteiger partial charge in [0, 0.05) is 11.9 Å². The highest BCUT2D eigenvalue weighted by Gasteiger charge is 2.12. The van der Waals surface area contributed by atoms with Gasteiger partial charge in [0.15, 0.2) is 0 Å². The monoisotopic (exact) mass is 242 g/mol. The standard InChI is InChI=1S/C11H10N6O/c1-7-3-2-4-9-14-8(5-17(7)9)10(18)15-11-12-6-13-16-11/h2-6H,1H3,(H2,12,13,15,16,18). The maximum absolute atomic E-state index is 11.9. The van der Waals surface area contributed by atoms with Crippen LogP contribution in [0.5, 0.6) is 0 Å². The third-order valence-corrected chi connectivity index (χ3v) is 2.58. The summed E-state index contributed by atoms with van der Waals surface area (Å²) in [6.45, 7) is 1.95. The molecule has 0 saturated carbocycles. The van der Waals surface area contributed by atoms with Gasteiger partial charge in [0.05, 0.1) is 0 Å². The average molecular weight is 242 g/mol. The number of nitrogens with zero attached hydrogens (tertiary/aromatic N) is 4. The summed E-state index contributed by atoms with van der Waals surface area (Å²) >= 11 is 0. The molecule has 3 aromatic rings. The van der Waals surface area contributed by atoms with Crippen molar-refractivity contribution in [3.05, 3.63) is 42.1 Å². The molecule has 0 aromatic carbocycles. The second-order valence-electron chi connectivity index (χ2n) is 3.81. The third-order valence-electron chi connectivity index (χ3n) is 2.58. The van der Waals surface area contributed by atoms with E-state index in [1.54, 1.807) is 6.20 Å². The van der Waals surface area contributed by atoms with E-state index in [-0.39, 0.29) is 5.91 Å². The number of anilines is 1. The molecule has 7 heteroatoms. The predicted octanol–water partition coefficient (Wildman–Crippen LogP) is 1.01. The van der Waals surface area contributed by atoms with Crippen LogP contribution in [0.3, 0.4) is 0 Å². The Hall–Kier alpha value is -2.70. The highest BCUT2D eigenvalue weighted by molar-refractivity contribution is 6.02. The molecule has 3 aromatic heterocycles. The number of fused-ring (bicyclic) bond motifs is 1. The molecule has 0 spiro atoms. The minimum atomic E-state index is -0.324. The van der Waals surface area contributed by atoms with Crippen molar-refractivity contribution in [1.82, 2.24) is 24.6 Å². The minimum absolute atomic E-state index is 0.300. The minimum Gasteiger partial charge on any atom is -0.304 e. The van der Waals surface area contributed by atoms with Crippen LogP contribution < -0.4 is 5.32 Å². The van der Waals surface area contributed by atoms with Gasteiger partial charge in [0.1, 0.15) is 17.7 Å². The number of hydrogen-bond acceptors (Lipinski definition) is 4. The Morgan fingerprint density at radius 3 is 3.06 bits per heavy atom. The smallest absolute Gasteiger partial charge is 0.278 e. The summed E-state index contributed by atoms with van der Waals surface area (Å²) in [5, 5.41) is 8.78. The third kappa shape index (κ3) is 1.71. The highest BCUT2D eigenvalue weighted by Crippen LogP contribution is 2.09. The molecular weight excluding hydrogens is 232 g/mol. The molecule has 0 fully saturated rings. The lowest BCUT2D eigenvalue weighted by atomic mass is 10.4. The molecule has 3 heterocycles. The van der Waals surface area contributed by atoms with E-state index in [1.807, 2.05) is 29.5 Å². The fourth-order valence-corrected chi connectivity index (χ4v) is 1.70. The second kappa shape index (κ2) is 3.95. The van der Waals surface area contributed by atoms with Crippen molar-refractivity contribution in [1.29, 1.82) is 0 Å². The van der Waals surface area contributed by atoms with Gasteiger partial charge in [-0.05, 0) is 19.1 Å². The first-order valence-electron chi connectivity index (χ1n) is 5.35. The SMILES string of the molecule is Cc1cccc2nc(C(=O)Nc3ncn[nH]3)cn12. The van der Waals surface area contributed by atoms with Crippen LogP contribution >= 0.6 is 0 Å². The van der Waals surface area contributed by atoms with Gasteiger partial charge in [-0.25, -0.2) is 10.1 Å². The molecule has 0 saturated heterocycles. The molecule has 0 aliphatic rings. The summed E-state index contributed by atoms with van der Waals surface area (Å²) in [6, 6.07) is 5.70. The molecule has 0 aliphatic carbocycles. The number of amides is 1. The van der Waals surface area contributed by atoms with Gasteiger partial charge in [-0.3, -0.25) is 10.1 Å². The zero-order chi connectivity index (χ0) is 12.5. The van der Waals surface area contributed by atoms with Gasteiger partial charge in [-0.2, -0.15) is 10.1 Å². The number of carbonyl (C=O) groups is 1. The zero-order valence-electron chi connectivity index (χ0n) is 9.58. The van der Waals surface area contributed by atoms with E-state index >= 15 is 0 Å². The Morgan fingerprint density at radius 2 is 2.33 bits per heavy atom. The fourth-order valence-electron chi connectivity index (χ4n) is 1.70. The number of carbonyl (C=O) groups excluding carboxylic acids is 1. The van der Waals surface area contributed by atoms with Gasteiger partial charge < -0.3 is 4.40 Å². The number of pyridine rings is 1. The lowest BCUT2D eigenvalue weighted by molar-refractivity contribution is 0.102. The molecule has 0 aliphatic heterocycles. The van der Waals surface area contributed by atoms with Crippen LogP contribution in [0, 0.1) is 6.92 Å². The van der Waals surface area contributed by atoms with Crippen molar-refractivity contribution in [3.8, 4) is 0 Å². The maximum Gasteiger partial charge on any atom is 0.278 e. The molecule has 0 unspecified atom stereocenters. The van der Waals surface area contributed by atoms with E-state index in [9.17, 15) is 4.79 Å². The van der Waals surface area contributed by atoms with E-state index in [0.29, 0.717) is 11.6 Å². The molecule has 2 N–H and O–H groups in total. The van der Waals surface area contributed by atoms with Gasteiger partial charge in [0.2, 0.25) is 5.95 Å². The van der Waals surface area contributed by atoms with E-state index < -0.39 is 0 Å². The van der Waals surface area contributed by atoms with Crippen LogP contribution in [0.15, 0.2) is 30.7 Å². The molecule has 0 bridgehead atoms. The van der Waals surface area contributed by atoms with Gasteiger partial charge >= 0.3 is 0 Å². The number of aryl methyl sites for hydroxylation is 1. The predicted molar refractivity (Wildman–Crippen MR) is 64.3 cm³/mol. The summed E-state index contributed by atoms with van der Waals surface area (Å²) in [4.78, 5) is 20.0. The summed E-state index contributed by atoms with van der Waals surface area (Å²) < 4.78 is 1.86. The van der Waals surface area contributed by atoms with E-state index in [4.69, 9.17) is 0 Å². The number of aromatic amines is 1. The quantitative estimate of drug-likeness (QED) is 0.702. The topological polar surface area (TPSA) is 88.0 Å². The van der Waals surface area contributed by atoms with Crippen LogP contribution in [0.2, 0.25) is 0 Å². The molecule has 3 rings (SSSR count). The van der Waals surface area contributed by atoms with Gasteiger partial charge in [-0.15, -0.1) is 0 Å². The van der Waals surface area contributed by atoms with E-state index in [2.05, 4.69) is 25.5 Å². The van der Waals surface area contributed by atoms with E-state index in [1.165, 1.54) is 6.33 Å². The summed E-state index contributed by atoms with van der Waals surface area (Å²) in [7, 11) is 0. The first-order valence-corrected chi connectivity index (χ1v) is 5.35. The highest BCUT2D eigenvalue weighted by atomic mass is 16.2. The van der Waals surface area contributed by atoms with E-state index in [0.717, 1.165) is 11.3 Å². The normalized spacial score (nSPS) is 10.7. The van der Waals surface area contributed by atoms with Gasteiger partial charge in [-0.1, -0.05) is 6.07 Å². The Labute approximate surface area is 102 Å². The molecule has 7 nitrogen and oxygen atoms in total. The number of imidazole rings is 1. The van der Waals surface area contributed by atoms with Crippen molar-refractivity contribution in [2.45, 2.75) is 6.92 Å². The summed E-state index contributed by atoms with van der Waals surface area (Å²) in [5.41, 5.74) is 2.08. The molecular formula is C11H10N6O. The molecule has 18 heavy (non-hydrogen) atoms. The summed E-state index contributed by atoms with van der Waals surface area (Å²) in [5.74, 6) is -0.0244. The molecule has 90 valence electrons. The van der Waals surface area contributed by atoms with Crippen LogP contribution in [0.4, 0.5) is 5.95 Å². The second-order valence-corrected chi connectivity index (χ2v) is 3.81. The first-order chi connectivity index (χ1) is 8.74. The Morgan fingerprint density at radius 1 is 1.44 bits per heavy atom. The average Bonchev–Trinajstić information content (AvgIpc) is 2.97. The Balaban J connectivity index is 1.94. The number of hydrogen-bond donors (Lipinski definition) is 2. The molecule has 0 radical (unpaired) electrons. The Kier molecular flexibility index (Phi) is 2.30. The van der Waals surface area contributed by atoms with Crippen molar-refractivity contribution in [2.24, 2.45) is 0 Å². The first kappa shape index (κ1) is 10.5. The fraction of sp³-hybridized carbons (Fsp3) is 0.0909. The zero-order valence-corrected chi connectivity index (χ0v) is 9.58. The summed E-state index contributed by atoms with van der Waals surface area (Å²) in [6.07, 6.45) is 3.01. The maximum atomic E-state index is 11.9. The lowest BCUT2D eigenvalue weighted by Gasteiger charge is -1.96. The lowest BCUT2D eigenvalue weighted by Crippen LogP contribution is -2.13. The molecule has 0 atom stereocenters. The van der Waals surface area contributed by atoms with Crippen molar-refractivity contribution >= 4 is 17.5 Å². The van der Waals surface area contributed by atoms with Crippen molar-refractivity contribution in [3.63, 3.8) is 0 Å². The van der Waals surface area contributed by atoms with Gasteiger partial charge in [0.25, 0.3) is 5.91 Å². The Bertz CT molecular complexity index is 699. The molecule has 1 amide bonds. The van der Waals surface area contributed by atoms with Crippen LogP contribution in [-0.2, 0) is 0 Å². The van der Waals surface area contributed by atoms with Crippen molar-refractivity contribution < 1.29 is 4.79 Å².